The third-order valence-electron chi connectivity index (χ3n) is 4.29. The second-order valence-electron chi connectivity index (χ2n) is 6.13. The second-order valence-corrected chi connectivity index (χ2v) is 6.13. The van der Waals surface area contributed by atoms with Gasteiger partial charge in [-0.05, 0) is 54.3 Å². The van der Waals surface area contributed by atoms with Crippen molar-refractivity contribution in [3.63, 3.8) is 0 Å². The third-order valence-corrected chi connectivity index (χ3v) is 4.29. The van der Waals surface area contributed by atoms with Gasteiger partial charge in [0, 0.05) is 12.2 Å². The van der Waals surface area contributed by atoms with E-state index in [2.05, 4.69) is 17.4 Å². The fourth-order valence-corrected chi connectivity index (χ4v) is 2.94. The number of ether oxygens (including phenoxy) is 1. The number of aryl methyl sites for hydroxylation is 1. The Hall–Kier alpha value is -3.07. The van der Waals surface area contributed by atoms with Crippen LogP contribution in [0.15, 0.2) is 72.8 Å². The molecule has 0 aliphatic rings. The lowest BCUT2D eigenvalue weighted by atomic mass is 9.95. The second kappa shape index (κ2) is 8.34. The Morgan fingerprint density at radius 3 is 2.38 bits per heavy atom. The molecule has 0 heterocycles. The van der Waals surface area contributed by atoms with Gasteiger partial charge in [0.05, 0.1) is 12.2 Å². The molecule has 0 fully saturated rings. The van der Waals surface area contributed by atoms with Crippen LogP contribution in [0.3, 0.4) is 0 Å². The number of hydrogen-bond acceptors (Lipinski definition) is 3. The van der Waals surface area contributed by atoms with Gasteiger partial charge in [0.25, 0.3) is 0 Å². The Labute approximate surface area is 154 Å². The smallest absolute Gasteiger partial charge is 0.338 e. The molecule has 3 aromatic rings. The van der Waals surface area contributed by atoms with Crippen molar-refractivity contribution in [3.05, 3.63) is 89.5 Å². The zero-order chi connectivity index (χ0) is 18.4. The van der Waals surface area contributed by atoms with Crippen LogP contribution in [0.4, 0.5) is 5.69 Å². The molecule has 0 aliphatic heterocycles. The molecular weight excluding hydrogens is 322 g/mol. The van der Waals surface area contributed by atoms with Crippen LogP contribution in [0.5, 0.6) is 0 Å². The zero-order valence-corrected chi connectivity index (χ0v) is 15.2. The number of hydrogen-bond donors (Lipinski definition) is 1. The lowest BCUT2D eigenvalue weighted by Gasteiger charge is -2.14. The van der Waals surface area contributed by atoms with Gasteiger partial charge in [-0.1, -0.05) is 54.6 Å². The Kier molecular flexibility index (Phi) is 5.69. The topological polar surface area (TPSA) is 38.3 Å². The highest BCUT2D eigenvalue weighted by molar-refractivity contribution is 5.98. The molecular formula is C23H23NO2. The number of benzene rings is 3. The Balaban J connectivity index is 1.95. The summed E-state index contributed by atoms with van der Waals surface area (Å²) in [4.78, 5) is 12.4. The van der Waals surface area contributed by atoms with E-state index in [4.69, 9.17) is 4.74 Å². The summed E-state index contributed by atoms with van der Waals surface area (Å²) in [6, 6.07) is 24.1. The molecule has 3 aromatic carbocycles. The fourth-order valence-electron chi connectivity index (χ4n) is 2.94. The van der Waals surface area contributed by atoms with E-state index in [-0.39, 0.29) is 5.97 Å². The molecule has 132 valence electrons. The monoisotopic (exact) mass is 345 g/mol. The summed E-state index contributed by atoms with van der Waals surface area (Å²) in [5, 5.41) is 3.44. The lowest BCUT2D eigenvalue weighted by molar-refractivity contribution is 0.0527. The van der Waals surface area contributed by atoms with Crippen LogP contribution < -0.4 is 5.32 Å². The summed E-state index contributed by atoms with van der Waals surface area (Å²) in [6.45, 7) is 4.96. The van der Waals surface area contributed by atoms with E-state index < -0.39 is 0 Å². The van der Waals surface area contributed by atoms with E-state index in [1.807, 2.05) is 74.5 Å². The number of nitrogens with one attached hydrogen (secondary N) is 1. The van der Waals surface area contributed by atoms with Gasteiger partial charge < -0.3 is 10.1 Å². The quantitative estimate of drug-likeness (QED) is 0.604. The number of carbonyl (C=O) groups excluding carboxylic acids is 1. The summed E-state index contributed by atoms with van der Waals surface area (Å²) in [7, 11) is 0. The molecule has 26 heavy (non-hydrogen) atoms. The van der Waals surface area contributed by atoms with Crippen LogP contribution in [0.1, 0.15) is 28.4 Å². The molecule has 3 nitrogen and oxygen atoms in total. The van der Waals surface area contributed by atoms with Gasteiger partial charge in [-0.15, -0.1) is 0 Å². The first-order valence-corrected chi connectivity index (χ1v) is 8.84. The largest absolute Gasteiger partial charge is 0.462 e. The van der Waals surface area contributed by atoms with E-state index >= 15 is 0 Å². The SMILES string of the molecule is CCOC(=O)c1ccc(NCc2ccccc2)cc1-c1ccccc1C. The predicted molar refractivity (Wildman–Crippen MR) is 106 cm³/mol. The molecule has 0 amide bonds. The van der Waals surface area contributed by atoms with Crippen LogP contribution in [0.25, 0.3) is 11.1 Å². The molecule has 1 N–H and O–H groups in total. The average molecular weight is 345 g/mol. The zero-order valence-electron chi connectivity index (χ0n) is 15.2. The Morgan fingerprint density at radius 2 is 1.65 bits per heavy atom. The summed E-state index contributed by atoms with van der Waals surface area (Å²) in [6.07, 6.45) is 0. The maximum atomic E-state index is 12.4. The number of rotatable bonds is 6. The maximum Gasteiger partial charge on any atom is 0.338 e. The molecule has 0 unspecified atom stereocenters. The molecule has 0 spiro atoms. The minimum Gasteiger partial charge on any atom is -0.462 e. The fraction of sp³-hybridized carbons (Fsp3) is 0.174. The van der Waals surface area contributed by atoms with Crippen molar-refractivity contribution in [1.82, 2.24) is 0 Å². The minimum atomic E-state index is -0.291. The number of anilines is 1. The van der Waals surface area contributed by atoms with Crippen LogP contribution in [-0.4, -0.2) is 12.6 Å². The van der Waals surface area contributed by atoms with Gasteiger partial charge in [-0.3, -0.25) is 0 Å². The van der Waals surface area contributed by atoms with Gasteiger partial charge >= 0.3 is 5.97 Å². The van der Waals surface area contributed by atoms with Gasteiger partial charge in [-0.25, -0.2) is 4.79 Å². The Morgan fingerprint density at radius 1 is 0.923 bits per heavy atom. The van der Waals surface area contributed by atoms with Crippen LogP contribution in [0, 0.1) is 6.92 Å². The van der Waals surface area contributed by atoms with Gasteiger partial charge in [0.1, 0.15) is 0 Å². The molecule has 0 bridgehead atoms. The summed E-state index contributed by atoms with van der Waals surface area (Å²) in [5.74, 6) is -0.291. The standard InChI is InChI=1S/C23H23NO2/c1-3-26-23(25)21-14-13-19(24-16-18-10-5-4-6-11-18)15-22(21)20-12-8-7-9-17(20)2/h4-15,24H,3,16H2,1-2H3. The maximum absolute atomic E-state index is 12.4. The van der Waals surface area contributed by atoms with Crippen LogP contribution in [-0.2, 0) is 11.3 Å². The van der Waals surface area contributed by atoms with Gasteiger partial charge in [-0.2, -0.15) is 0 Å². The Bertz CT molecular complexity index is 888. The predicted octanol–water partition coefficient (Wildman–Crippen LogP) is 5.45. The van der Waals surface area contributed by atoms with Crippen molar-refractivity contribution >= 4 is 11.7 Å². The lowest BCUT2D eigenvalue weighted by Crippen LogP contribution is -2.08. The van der Waals surface area contributed by atoms with Crippen LogP contribution in [0.2, 0.25) is 0 Å². The van der Waals surface area contributed by atoms with Gasteiger partial charge in [0.15, 0.2) is 0 Å². The molecule has 0 radical (unpaired) electrons. The van der Waals surface area contributed by atoms with E-state index in [1.165, 1.54) is 5.56 Å². The highest BCUT2D eigenvalue weighted by Gasteiger charge is 2.16. The molecule has 3 rings (SSSR count). The molecule has 0 aromatic heterocycles. The molecule has 0 aliphatic carbocycles. The molecule has 0 saturated carbocycles. The van der Waals surface area contributed by atoms with Crippen molar-refractivity contribution in [3.8, 4) is 11.1 Å². The van der Waals surface area contributed by atoms with Crippen LogP contribution >= 0.6 is 0 Å². The minimum absolute atomic E-state index is 0.291. The number of carbonyl (C=O) groups is 1. The average Bonchev–Trinajstić information content (AvgIpc) is 2.67. The summed E-state index contributed by atoms with van der Waals surface area (Å²) in [5.41, 5.74) is 5.82. The molecule has 3 heteroatoms. The third kappa shape index (κ3) is 4.12. The van der Waals surface area contributed by atoms with E-state index in [0.29, 0.717) is 12.2 Å². The van der Waals surface area contributed by atoms with Crippen molar-refractivity contribution in [2.75, 3.05) is 11.9 Å². The summed E-state index contributed by atoms with van der Waals surface area (Å²) >= 11 is 0. The van der Waals surface area contributed by atoms with Crippen molar-refractivity contribution in [2.24, 2.45) is 0 Å². The summed E-state index contributed by atoms with van der Waals surface area (Å²) < 4.78 is 5.24. The van der Waals surface area contributed by atoms with Gasteiger partial charge in [0.2, 0.25) is 0 Å². The first kappa shape index (κ1) is 17.7. The highest BCUT2D eigenvalue weighted by atomic mass is 16.5. The van der Waals surface area contributed by atoms with E-state index in [1.54, 1.807) is 0 Å². The number of esters is 1. The van der Waals surface area contributed by atoms with E-state index in [0.717, 1.165) is 28.9 Å². The highest BCUT2D eigenvalue weighted by Crippen LogP contribution is 2.30. The van der Waals surface area contributed by atoms with Crippen molar-refractivity contribution in [2.45, 2.75) is 20.4 Å². The van der Waals surface area contributed by atoms with Crippen molar-refractivity contribution in [1.29, 1.82) is 0 Å². The first-order chi connectivity index (χ1) is 12.7. The first-order valence-electron chi connectivity index (χ1n) is 8.84. The van der Waals surface area contributed by atoms with Crippen molar-refractivity contribution < 1.29 is 9.53 Å². The normalized spacial score (nSPS) is 10.4. The van der Waals surface area contributed by atoms with E-state index in [9.17, 15) is 4.79 Å². The molecule has 0 atom stereocenters. The molecule has 0 saturated heterocycles.